The quantitative estimate of drug-likeness (QED) is 0.624. The van der Waals surface area contributed by atoms with Crippen molar-refractivity contribution in [2.24, 2.45) is 0 Å². The standard InChI is InChI=1S/C22H25N3OS/c1-16-9-7-8-12-21(16)27-15-22(26)23-13-20-17(2)24-25(18(20)3)14-19-10-5-4-6-11-19/h4-12H,13-15H2,1-3H3,(H,23,26). The summed E-state index contributed by atoms with van der Waals surface area (Å²) in [5, 5.41) is 7.68. The minimum atomic E-state index is 0.0397. The van der Waals surface area contributed by atoms with Crippen molar-refractivity contribution >= 4 is 17.7 Å². The number of hydrogen-bond donors (Lipinski definition) is 1. The first-order valence-electron chi connectivity index (χ1n) is 9.06. The van der Waals surface area contributed by atoms with Crippen LogP contribution in [0.15, 0.2) is 59.5 Å². The zero-order chi connectivity index (χ0) is 19.2. The molecule has 4 nitrogen and oxygen atoms in total. The van der Waals surface area contributed by atoms with Gasteiger partial charge in [-0.05, 0) is 38.0 Å². The molecule has 0 atom stereocenters. The summed E-state index contributed by atoms with van der Waals surface area (Å²) in [6.45, 7) is 7.38. The molecular weight excluding hydrogens is 354 g/mol. The first-order valence-corrected chi connectivity index (χ1v) is 10.0. The Hall–Kier alpha value is -2.53. The molecule has 0 spiro atoms. The van der Waals surface area contributed by atoms with Gasteiger partial charge in [-0.1, -0.05) is 48.5 Å². The van der Waals surface area contributed by atoms with Crippen molar-refractivity contribution in [2.45, 2.75) is 38.8 Å². The summed E-state index contributed by atoms with van der Waals surface area (Å²) in [7, 11) is 0. The third-order valence-corrected chi connectivity index (χ3v) is 5.80. The molecule has 1 N–H and O–H groups in total. The zero-order valence-electron chi connectivity index (χ0n) is 16.0. The first-order chi connectivity index (χ1) is 13.0. The van der Waals surface area contributed by atoms with E-state index < -0.39 is 0 Å². The van der Waals surface area contributed by atoms with E-state index in [1.807, 2.05) is 41.9 Å². The maximum Gasteiger partial charge on any atom is 0.230 e. The summed E-state index contributed by atoms with van der Waals surface area (Å²) in [5.41, 5.74) is 5.58. The van der Waals surface area contributed by atoms with Crippen LogP contribution in [-0.4, -0.2) is 21.4 Å². The zero-order valence-corrected chi connectivity index (χ0v) is 16.8. The van der Waals surface area contributed by atoms with Crippen molar-refractivity contribution in [3.8, 4) is 0 Å². The predicted molar refractivity (Wildman–Crippen MR) is 111 cm³/mol. The van der Waals surface area contributed by atoms with Crippen molar-refractivity contribution in [1.82, 2.24) is 15.1 Å². The van der Waals surface area contributed by atoms with Crippen molar-refractivity contribution < 1.29 is 4.79 Å². The highest BCUT2D eigenvalue weighted by Crippen LogP contribution is 2.21. The smallest absolute Gasteiger partial charge is 0.230 e. The Morgan fingerprint density at radius 3 is 2.48 bits per heavy atom. The molecule has 1 amide bonds. The summed E-state index contributed by atoms with van der Waals surface area (Å²) >= 11 is 1.57. The number of amides is 1. The maximum atomic E-state index is 12.3. The molecule has 0 saturated heterocycles. The molecular formula is C22H25N3OS. The largest absolute Gasteiger partial charge is 0.351 e. The number of aromatic nitrogens is 2. The van der Waals surface area contributed by atoms with Crippen LogP contribution < -0.4 is 5.32 Å². The molecule has 1 aromatic heterocycles. The van der Waals surface area contributed by atoms with E-state index in [1.165, 1.54) is 11.1 Å². The first kappa shape index (κ1) is 19.2. The van der Waals surface area contributed by atoms with Crippen LogP contribution in [0.4, 0.5) is 0 Å². The normalized spacial score (nSPS) is 10.8. The Kier molecular flexibility index (Phi) is 6.35. The predicted octanol–water partition coefficient (Wildman–Crippen LogP) is 4.27. The lowest BCUT2D eigenvalue weighted by molar-refractivity contribution is -0.118. The van der Waals surface area contributed by atoms with Gasteiger partial charge in [0.15, 0.2) is 0 Å². The van der Waals surface area contributed by atoms with Gasteiger partial charge in [-0.3, -0.25) is 9.48 Å². The van der Waals surface area contributed by atoms with E-state index in [-0.39, 0.29) is 5.91 Å². The topological polar surface area (TPSA) is 46.9 Å². The number of rotatable bonds is 7. The summed E-state index contributed by atoms with van der Waals surface area (Å²) < 4.78 is 2.01. The Morgan fingerprint density at radius 2 is 1.74 bits per heavy atom. The molecule has 3 aromatic rings. The van der Waals surface area contributed by atoms with Crippen LogP contribution in [0.5, 0.6) is 0 Å². The number of nitrogens with one attached hydrogen (secondary N) is 1. The fourth-order valence-corrected chi connectivity index (χ4v) is 3.86. The van der Waals surface area contributed by atoms with Crippen molar-refractivity contribution in [1.29, 1.82) is 0 Å². The monoisotopic (exact) mass is 379 g/mol. The summed E-state index contributed by atoms with van der Waals surface area (Å²) in [6.07, 6.45) is 0. The van der Waals surface area contributed by atoms with Crippen molar-refractivity contribution in [2.75, 3.05) is 5.75 Å². The number of aryl methyl sites for hydroxylation is 2. The molecule has 3 rings (SSSR count). The third kappa shape index (κ3) is 5.01. The fourth-order valence-electron chi connectivity index (χ4n) is 3.00. The van der Waals surface area contributed by atoms with Crippen LogP contribution in [0.2, 0.25) is 0 Å². The average Bonchev–Trinajstić information content (AvgIpc) is 2.93. The van der Waals surface area contributed by atoms with E-state index in [1.54, 1.807) is 11.8 Å². The number of benzene rings is 2. The van der Waals surface area contributed by atoms with E-state index in [4.69, 9.17) is 0 Å². The molecule has 2 aromatic carbocycles. The van der Waals surface area contributed by atoms with E-state index in [9.17, 15) is 4.79 Å². The molecule has 0 saturated carbocycles. The van der Waals surface area contributed by atoms with Gasteiger partial charge in [-0.2, -0.15) is 5.10 Å². The van der Waals surface area contributed by atoms with Gasteiger partial charge in [0.05, 0.1) is 18.0 Å². The van der Waals surface area contributed by atoms with Crippen LogP contribution in [0.1, 0.15) is 28.1 Å². The summed E-state index contributed by atoms with van der Waals surface area (Å²) in [4.78, 5) is 13.4. The second-order valence-corrected chi connectivity index (χ2v) is 7.64. The molecule has 1 heterocycles. The molecule has 140 valence electrons. The van der Waals surface area contributed by atoms with Gasteiger partial charge in [0.2, 0.25) is 5.91 Å². The SMILES string of the molecule is Cc1ccccc1SCC(=O)NCc1c(C)nn(Cc2ccccc2)c1C. The highest BCUT2D eigenvalue weighted by atomic mass is 32.2. The van der Waals surface area contributed by atoms with Crippen molar-refractivity contribution in [3.05, 3.63) is 82.7 Å². The molecule has 0 radical (unpaired) electrons. The van der Waals surface area contributed by atoms with Crippen molar-refractivity contribution in [3.63, 3.8) is 0 Å². The molecule has 0 aliphatic heterocycles. The molecule has 0 bridgehead atoms. The lowest BCUT2D eigenvalue weighted by Gasteiger charge is -2.08. The van der Waals surface area contributed by atoms with E-state index in [0.717, 1.165) is 28.4 Å². The third-order valence-electron chi connectivity index (χ3n) is 4.62. The number of nitrogens with zero attached hydrogens (tertiary/aromatic N) is 2. The highest BCUT2D eigenvalue weighted by Gasteiger charge is 2.13. The van der Waals surface area contributed by atoms with E-state index >= 15 is 0 Å². The summed E-state index contributed by atoms with van der Waals surface area (Å²) in [5.74, 6) is 0.457. The van der Waals surface area contributed by atoms with Gasteiger partial charge in [0, 0.05) is 22.7 Å². The Balaban J connectivity index is 1.57. The lowest BCUT2D eigenvalue weighted by atomic mass is 10.2. The number of hydrogen-bond acceptors (Lipinski definition) is 3. The Morgan fingerprint density at radius 1 is 1.04 bits per heavy atom. The van der Waals surface area contributed by atoms with Crippen LogP contribution in [0.3, 0.4) is 0 Å². The van der Waals surface area contributed by atoms with Gasteiger partial charge in [-0.15, -0.1) is 11.8 Å². The molecule has 0 aliphatic carbocycles. The van der Waals surface area contributed by atoms with E-state index in [2.05, 4.69) is 48.5 Å². The van der Waals surface area contributed by atoms with Gasteiger partial charge >= 0.3 is 0 Å². The number of carbonyl (C=O) groups is 1. The van der Waals surface area contributed by atoms with Crippen LogP contribution in [0.25, 0.3) is 0 Å². The fraction of sp³-hybridized carbons (Fsp3) is 0.273. The Labute approximate surface area is 165 Å². The number of thioether (sulfide) groups is 1. The molecule has 5 heteroatoms. The van der Waals surface area contributed by atoms with Crippen LogP contribution >= 0.6 is 11.8 Å². The van der Waals surface area contributed by atoms with Gasteiger partial charge in [0.25, 0.3) is 0 Å². The lowest BCUT2D eigenvalue weighted by Crippen LogP contribution is -2.25. The molecule has 0 aliphatic rings. The minimum Gasteiger partial charge on any atom is -0.351 e. The van der Waals surface area contributed by atoms with Gasteiger partial charge in [0.1, 0.15) is 0 Å². The second-order valence-electron chi connectivity index (χ2n) is 6.62. The molecule has 27 heavy (non-hydrogen) atoms. The minimum absolute atomic E-state index is 0.0397. The van der Waals surface area contributed by atoms with Gasteiger partial charge in [-0.25, -0.2) is 0 Å². The van der Waals surface area contributed by atoms with Crippen LogP contribution in [0, 0.1) is 20.8 Å². The molecule has 0 fully saturated rings. The Bertz CT molecular complexity index is 919. The van der Waals surface area contributed by atoms with E-state index in [0.29, 0.717) is 12.3 Å². The maximum absolute atomic E-state index is 12.3. The second kappa shape index (κ2) is 8.91. The highest BCUT2D eigenvalue weighted by molar-refractivity contribution is 8.00. The number of carbonyl (C=O) groups excluding carboxylic acids is 1. The van der Waals surface area contributed by atoms with Crippen LogP contribution in [-0.2, 0) is 17.9 Å². The summed E-state index contributed by atoms with van der Waals surface area (Å²) in [6, 6.07) is 18.4. The average molecular weight is 380 g/mol. The van der Waals surface area contributed by atoms with Gasteiger partial charge < -0.3 is 5.32 Å². The molecule has 0 unspecified atom stereocenters.